The van der Waals surface area contributed by atoms with Crippen LogP contribution in [-0.4, -0.2) is 40.5 Å². The van der Waals surface area contributed by atoms with Gasteiger partial charge < -0.3 is 10.4 Å². The summed E-state index contributed by atoms with van der Waals surface area (Å²) in [4.78, 5) is 26.2. The van der Waals surface area contributed by atoms with Crippen LogP contribution in [0.4, 0.5) is 0 Å². The van der Waals surface area contributed by atoms with Gasteiger partial charge in [0.05, 0.1) is 6.04 Å². The first kappa shape index (κ1) is 18.5. The normalized spacial score (nSPS) is 19.6. The number of aliphatic carboxylic acids is 1. The molecule has 0 radical (unpaired) electrons. The summed E-state index contributed by atoms with van der Waals surface area (Å²) in [5.74, 6) is -1.09. The first-order valence-electron chi connectivity index (χ1n) is 8.93. The summed E-state index contributed by atoms with van der Waals surface area (Å²) in [7, 11) is 0. The number of carbonyl (C=O) groups is 2. The zero-order valence-electron chi connectivity index (χ0n) is 14.4. The Labute approximate surface area is 144 Å². The molecule has 2 atom stereocenters. The lowest BCUT2D eigenvalue weighted by molar-refractivity contribution is -0.143. The topological polar surface area (TPSA) is 69.6 Å². The van der Waals surface area contributed by atoms with E-state index in [9.17, 15) is 14.7 Å². The minimum atomic E-state index is -0.942. The number of hydrogen-bond acceptors (Lipinski definition) is 3. The Morgan fingerprint density at radius 2 is 2.04 bits per heavy atom. The fraction of sp³-hybridized carbons (Fsp3) is 0.579. The summed E-state index contributed by atoms with van der Waals surface area (Å²) in [5.41, 5.74) is 1.18. The van der Waals surface area contributed by atoms with Crippen LogP contribution in [0.25, 0.3) is 0 Å². The molecule has 2 rings (SSSR count). The first-order chi connectivity index (χ1) is 11.6. The van der Waals surface area contributed by atoms with Gasteiger partial charge in [-0.25, -0.2) is 4.79 Å². The van der Waals surface area contributed by atoms with Crippen molar-refractivity contribution >= 4 is 11.9 Å². The van der Waals surface area contributed by atoms with Crippen LogP contribution in [0.15, 0.2) is 30.3 Å². The lowest BCUT2D eigenvalue weighted by Crippen LogP contribution is -2.53. The number of amides is 1. The van der Waals surface area contributed by atoms with Gasteiger partial charge in [0.2, 0.25) is 5.91 Å². The fourth-order valence-electron chi connectivity index (χ4n) is 3.23. The molecule has 0 spiro atoms. The maximum atomic E-state index is 12.7. The highest BCUT2D eigenvalue weighted by Gasteiger charge is 2.31. The summed E-state index contributed by atoms with van der Waals surface area (Å²) in [5, 5.41) is 12.1. The standard InChI is InChI=1S/C19H28N2O3/c1-2-3-11-16(19(23)24)20-18(22)17-12-7-8-13-21(17)14-15-9-5-4-6-10-15/h4-6,9-10,16-17H,2-3,7-8,11-14H2,1H3,(H,20,22)(H,23,24). The van der Waals surface area contributed by atoms with Crippen molar-refractivity contribution in [3.63, 3.8) is 0 Å². The van der Waals surface area contributed by atoms with Crippen LogP contribution >= 0.6 is 0 Å². The molecule has 1 heterocycles. The molecule has 1 aliphatic heterocycles. The Bertz CT molecular complexity index is 533. The molecule has 0 aliphatic carbocycles. The van der Waals surface area contributed by atoms with E-state index in [2.05, 4.69) is 22.3 Å². The van der Waals surface area contributed by atoms with Crippen LogP contribution in [-0.2, 0) is 16.1 Å². The molecule has 1 amide bonds. The number of nitrogens with zero attached hydrogens (tertiary/aromatic N) is 1. The Morgan fingerprint density at radius 3 is 2.71 bits per heavy atom. The van der Waals surface area contributed by atoms with Gasteiger partial charge in [-0.1, -0.05) is 56.5 Å². The number of likely N-dealkylation sites (tertiary alicyclic amines) is 1. The largest absolute Gasteiger partial charge is 0.480 e. The number of rotatable bonds is 8. The van der Waals surface area contributed by atoms with Gasteiger partial charge in [0, 0.05) is 6.54 Å². The predicted molar refractivity (Wildman–Crippen MR) is 93.6 cm³/mol. The molecule has 0 saturated carbocycles. The Balaban J connectivity index is 2.00. The lowest BCUT2D eigenvalue weighted by atomic mass is 9.99. The molecule has 1 aliphatic rings. The zero-order chi connectivity index (χ0) is 17.4. The molecule has 5 heteroatoms. The van der Waals surface area contributed by atoms with Crippen LogP contribution in [0.5, 0.6) is 0 Å². The maximum Gasteiger partial charge on any atom is 0.326 e. The van der Waals surface area contributed by atoms with Gasteiger partial charge in [-0.3, -0.25) is 9.69 Å². The monoisotopic (exact) mass is 332 g/mol. The second kappa shape index (κ2) is 9.42. The number of piperidine rings is 1. The number of unbranched alkanes of at least 4 members (excludes halogenated alkanes) is 1. The molecule has 2 N–H and O–H groups in total. The second-order valence-corrected chi connectivity index (χ2v) is 6.51. The number of carboxylic acids is 1. The quantitative estimate of drug-likeness (QED) is 0.768. The minimum absolute atomic E-state index is 0.144. The van der Waals surface area contributed by atoms with Gasteiger partial charge in [-0.15, -0.1) is 0 Å². The molecule has 1 aromatic carbocycles. The van der Waals surface area contributed by atoms with Crippen molar-refractivity contribution < 1.29 is 14.7 Å². The van der Waals surface area contributed by atoms with E-state index in [1.165, 1.54) is 5.56 Å². The predicted octanol–water partition coefficient (Wildman–Crippen LogP) is 2.80. The van der Waals surface area contributed by atoms with E-state index in [0.717, 1.165) is 45.2 Å². The van der Waals surface area contributed by atoms with Crippen LogP contribution < -0.4 is 5.32 Å². The van der Waals surface area contributed by atoms with Crippen molar-refractivity contribution in [3.05, 3.63) is 35.9 Å². The summed E-state index contributed by atoms with van der Waals surface area (Å²) in [6, 6.07) is 9.09. The van der Waals surface area contributed by atoms with Crippen molar-refractivity contribution in [1.29, 1.82) is 0 Å². The van der Waals surface area contributed by atoms with E-state index >= 15 is 0 Å². The second-order valence-electron chi connectivity index (χ2n) is 6.51. The fourth-order valence-corrected chi connectivity index (χ4v) is 3.23. The smallest absolute Gasteiger partial charge is 0.326 e. The number of hydrogen-bond donors (Lipinski definition) is 2. The number of nitrogens with one attached hydrogen (secondary N) is 1. The first-order valence-corrected chi connectivity index (χ1v) is 8.93. The Kier molecular flexibility index (Phi) is 7.25. The van der Waals surface area contributed by atoms with Crippen LogP contribution in [0.1, 0.15) is 51.0 Å². The van der Waals surface area contributed by atoms with Gasteiger partial charge in [0.25, 0.3) is 0 Å². The highest BCUT2D eigenvalue weighted by atomic mass is 16.4. The van der Waals surface area contributed by atoms with Crippen molar-refractivity contribution in [2.24, 2.45) is 0 Å². The Hall–Kier alpha value is -1.88. The lowest BCUT2D eigenvalue weighted by Gasteiger charge is -2.35. The number of carboxylic acid groups (broad SMARTS) is 1. The Morgan fingerprint density at radius 1 is 1.29 bits per heavy atom. The molecule has 1 fully saturated rings. The van der Waals surface area contributed by atoms with Gasteiger partial charge in [0.1, 0.15) is 6.04 Å². The minimum Gasteiger partial charge on any atom is -0.480 e. The van der Waals surface area contributed by atoms with Gasteiger partial charge in [-0.05, 0) is 31.4 Å². The third-order valence-electron chi connectivity index (χ3n) is 4.61. The number of carbonyl (C=O) groups excluding carboxylic acids is 1. The summed E-state index contributed by atoms with van der Waals surface area (Å²) in [6.07, 6.45) is 5.09. The molecule has 24 heavy (non-hydrogen) atoms. The average Bonchev–Trinajstić information content (AvgIpc) is 2.59. The highest BCUT2D eigenvalue weighted by molar-refractivity contribution is 5.87. The summed E-state index contributed by atoms with van der Waals surface area (Å²) >= 11 is 0. The third-order valence-corrected chi connectivity index (χ3v) is 4.61. The van der Waals surface area contributed by atoms with Crippen LogP contribution in [0.2, 0.25) is 0 Å². The molecule has 0 bridgehead atoms. The van der Waals surface area contributed by atoms with E-state index in [1.807, 2.05) is 25.1 Å². The molecule has 5 nitrogen and oxygen atoms in total. The van der Waals surface area contributed by atoms with E-state index < -0.39 is 12.0 Å². The molecular formula is C19H28N2O3. The van der Waals surface area contributed by atoms with E-state index in [4.69, 9.17) is 0 Å². The summed E-state index contributed by atoms with van der Waals surface area (Å²) < 4.78 is 0. The van der Waals surface area contributed by atoms with Crippen LogP contribution in [0, 0.1) is 0 Å². The molecule has 1 saturated heterocycles. The van der Waals surface area contributed by atoms with E-state index in [0.29, 0.717) is 6.42 Å². The van der Waals surface area contributed by atoms with Gasteiger partial charge in [-0.2, -0.15) is 0 Å². The SMILES string of the molecule is CCCCC(NC(=O)C1CCCCN1Cc1ccccc1)C(=O)O. The molecule has 132 valence electrons. The third kappa shape index (κ3) is 5.34. The zero-order valence-corrected chi connectivity index (χ0v) is 14.4. The van der Waals surface area contributed by atoms with Gasteiger partial charge in [0.15, 0.2) is 0 Å². The van der Waals surface area contributed by atoms with Crippen molar-refractivity contribution in [1.82, 2.24) is 10.2 Å². The van der Waals surface area contributed by atoms with E-state index in [1.54, 1.807) is 0 Å². The van der Waals surface area contributed by atoms with Crippen molar-refractivity contribution in [3.8, 4) is 0 Å². The van der Waals surface area contributed by atoms with Crippen LogP contribution in [0.3, 0.4) is 0 Å². The van der Waals surface area contributed by atoms with E-state index in [-0.39, 0.29) is 11.9 Å². The molecule has 2 unspecified atom stereocenters. The molecular weight excluding hydrogens is 304 g/mol. The summed E-state index contributed by atoms with van der Waals surface area (Å²) in [6.45, 7) is 3.62. The van der Waals surface area contributed by atoms with Gasteiger partial charge >= 0.3 is 5.97 Å². The van der Waals surface area contributed by atoms with Crippen molar-refractivity contribution in [2.45, 2.75) is 64.1 Å². The molecule has 0 aromatic heterocycles. The van der Waals surface area contributed by atoms with Crippen molar-refractivity contribution in [2.75, 3.05) is 6.54 Å². The average molecular weight is 332 g/mol. The maximum absolute atomic E-state index is 12.7. The molecule has 1 aromatic rings. The number of benzene rings is 1. The highest BCUT2D eigenvalue weighted by Crippen LogP contribution is 2.20.